The monoisotopic (exact) mass is 284 g/mol. The summed E-state index contributed by atoms with van der Waals surface area (Å²) in [7, 11) is 0. The van der Waals surface area contributed by atoms with Gasteiger partial charge in [0.1, 0.15) is 5.75 Å². The zero-order valence-electron chi connectivity index (χ0n) is 9.45. The van der Waals surface area contributed by atoms with Crippen molar-refractivity contribution in [2.45, 2.75) is 44.8 Å². The molecule has 0 spiro atoms. The average Bonchev–Trinajstić information content (AvgIpc) is 2.73. The van der Waals surface area contributed by atoms with Gasteiger partial charge in [-0.1, -0.05) is 15.9 Å². The van der Waals surface area contributed by atoms with Crippen LogP contribution >= 0.6 is 15.9 Å². The van der Waals surface area contributed by atoms with Crippen LogP contribution in [-0.4, -0.2) is 11.2 Å². The lowest BCUT2D eigenvalue weighted by Crippen LogP contribution is -2.12. The molecule has 1 aliphatic carbocycles. The smallest absolute Gasteiger partial charge is 0.125 e. The van der Waals surface area contributed by atoms with Gasteiger partial charge in [-0.2, -0.15) is 0 Å². The largest absolute Gasteiger partial charge is 0.490 e. The topological polar surface area (TPSA) is 29.5 Å². The highest BCUT2D eigenvalue weighted by molar-refractivity contribution is 9.10. The maximum Gasteiger partial charge on any atom is 0.125 e. The summed E-state index contributed by atoms with van der Waals surface area (Å²) in [5, 5.41) is 9.70. The Morgan fingerprint density at radius 2 is 2.06 bits per heavy atom. The summed E-state index contributed by atoms with van der Waals surface area (Å²) >= 11 is 3.41. The third-order valence-corrected chi connectivity index (χ3v) is 3.51. The minimum Gasteiger partial charge on any atom is -0.490 e. The third-order valence-electron chi connectivity index (χ3n) is 3.02. The van der Waals surface area contributed by atoms with Gasteiger partial charge >= 0.3 is 0 Å². The first-order valence-corrected chi connectivity index (χ1v) is 6.60. The summed E-state index contributed by atoms with van der Waals surface area (Å²) in [6.45, 7) is 1.77. The van der Waals surface area contributed by atoms with Crippen molar-refractivity contribution in [2.75, 3.05) is 0 Å². The molecule has 0 aliphatic heterocycles. The number of benzene rings is 1. The molecular weight excluding hydrogens is 268 g/mol. The van der Waals surface area contributed by atoms with E-state index in [2.05, 4.69) is 15.9 Å². The van der Waals surface area contributed by atoms with Crippen LogP contribution in [0.25, 0.3) is 0 Å². The third kappa shape index (κ3) is 2.77. The molecular formula is C13H17BrO2. The van der Waals surface area contributed by atoms with Crippen LogP contribution in [0.15, 0.2) is 22.7 Å². The number of hydrogen-bond donors (Lipinski definition) is 1. The molecule has 0 aromatic heterocycles. The predicted octanol–water partition coefficient (Wildman–Crippen LogP) is 3.82. The summed E-state index contributed by atoms with van der Waals surface area (Å²) in [4.78, 5) is 0. The fraction of sp³-hybridized carbons (Fsp3) is 0.538. The Balaban J connectivity index is 2.18. The molecule has 0 unspecified atom stereocenters. The Kier molecular flexibility index (Phi) is 3.87. The van der Waals surface area contributed by atoms with E-state index < -0.39 is 6.10 Å². The van der Waals surface area contributed by atoms with Crippen LogP contribution in [-0.2, 0) is 0 Å². The first kappa shape index (κ1) is 11.9. The van der Waals surface area contributed by atoms with Crippen molar-refractivity contribution in [3.63, 3.8) is 0 Å². The Hall–Kier alpha value is -0.540. The van der Waals surface area contributed by atoms with Crippen LogP contribution < -0.4 is 4.74 Å². The van der Waals surface area contributed by atoms with E-state index in [0.29, 0.717) is 6.10 Å². The highest BCUT2D eigenvalue weighted by Gasteiger charge is 2.19. The van der Waals surface area contributed by atoms with Gasteiger partial charge in [-0.25, -0.2) is 0 Å². The zero-order valence-corrected chi connectivity index (χ0v) is 11.0. The van der Waals surface area contributed by atoms with E-state index in [9.17, 15) is 5.11 Å². The molecule has 0 saturated heterocycles. The van der Waals surface area contributed by atoms with E-state index in [1.807, 2.05) is 18.2 Å². The van der Waals surface area contributed by atoms with Gasteiger partial charge in [0.15, 0.2) is 0 Å². The molecule has 1 aromatic carbocycles. The van der Waals surface area contributed by atoms with E-state index in [-0.39, 0.29) is 0 Å². The van der Waals surface area contributed by atoms with Crippen LogP contribution in [0.4, 0.5) is 0 Å². The Bertz CT molecular complexity index is 357. The molecule has 1 atom stereocenters. The van der Waals surface area contributed by atoms with Gasteiger partial charge in [-0.15, -0.1) is 0 Å². The molecule has 88 valence electrons. The van der Waals surface area contributed by atoms with Crippen molar-refractivity contribution in [3.8, 4) is 5.75 Å². The van der Waals surface area contributed by atoms with Crippen LogP contribution in [0.5, 0.6) is 5.75 Å². The van der Waals surface area contributed by atoms with E-state index in [0.717, 1.165) is 28.6 Å². The van der Waals surface area contributed by atoms with Gasteiger partial charge in [0.2, 0.25) is 0 Å². The number of aliphatic hydroxyl groups excluding tert-OH is 1. The molecule has 1 saturated carbocycles. The molecule has 16 heavy (non-hydrogen) atoms. The first-order chi connectivity index (χ1) is 7.66. The van der Waals surface area contributed by atoms with E-state index in [4.69, 9.17) is 4.74 Å². The molecule has 1 N–H and O–H groups in total. The van der Waals surface area contributed by atoms with Crippen molar-refractivity contribution in [2.24, 2.45) is 0 Å². The van der Waals surface area contributed by atoms with Crippen molar-refractivity contribution in [1.29, 1.82) is 0 Å². The lowest BCUT2D eigenvalue weighted by molar-refractivity contribution is 0.174. The summed E-state index contributed by atoms with van der Waals surface area (Å²) in [5.41, 5.74) is 0.862. The highest BCUT2D eigenvalue weighted by atomic mass is 79.9. The molecule has 3 heteroatoms. The van der Waals surface area contributed by atoms with Crippen molar-refractivity contribution >= 4 is 15.9 Å². The standard InChI is InChI=1S/C13H17BrO2/c1-9(15)12-8-10(14)6-7-13(12)16-11-4-2-3-5-11/h6-9,11,15H,2-5H2,1H3/t9-/m1/s1. The quantitative estimate of drug-likeness (QED) is 0.914. The predicted molar refractivity (Wildman–Crippen MR) is 67.7 cm³/mol. The average molecular weight is 285 g/mol. The molecule has 2 rings (SSSR count). The number of hydrogen-bond acceptors (Lipinski definition) is 2. The van der Waals surface area contributed by atoms with Crippen molar-refractivity contribution < 1.29 is 9.84 Å². The second-order valence-electron chi connectivity index (χ2n) is 4.38. The van der Waals surface area contributed by atoms with Crippen LogP contribution in [0.1, 0.15) is 44.3 Å². The molecule has 0 amide bonds. The van der Waals surface area contributed by atoms with E-state index in [1.165, 1.54) is 12.8 Å². The van der Waals surface area contributed by atoms with Gasteiger partial charge < -0.3 is 9.84 Å². The molecule has 1 aromatic rings. The number of aliphatic hydroxyl groups is 1. The van der Waals surface area contributed by atoms with E-state index >= 15 is 0 Å². The molecule has 0 bridgehead atoms. The maximum atomic E-state index is 9.70. The van der Waals surface area contributed by atoms with Gasteiger partial charge in [0.25, 0.3) is 0 Å². The minimum absolute atomic E-state index is 0.332. The number of ether oxygens (including phenoxy) is 1. The summed E-state index contributed by atoms with van der Waals surface area (Å²) < 4.78 is 6.92. The molecule has 0 radical (unpaired) electrons. The Morgan fingerprint density at radius 3 is 2.69 bits per heavy atom. The Labute approximate surface area is 105 Å². The summed E-state index contributed by atoms with van der Waals surface area (Å²) in [6.07, 6.45) is 4.62. The van der Waals surface area contributed by atoms with Crippen LogP contribution in [0, 0.1) is 0 Å². The fourth-order valence-electron chi connectivity index (χ4n) is 2.14. The van der Waals surface area contributed by atoms with Crippen molar-refractivity contribution in [3.05, 3.63) is 28.2 Å². The summed E-state index contributed by atoms with van der Waals surface area (Å²) in [5.74, 6) is 0.824. The SMILES string of the molecule is C[C@@H](O)c1cc(Br)ccc1OC1CCCC1. The second-order valence-corrected chi connectivity index (χ2v) is 5.30. The molecule has 2 nitrogen and oxygen atoms in total. The number of halogens is 1. The number of rotatable bonds is 3. The van der Waals surface area contributed by atoms with Crippen molar-refractivity contribution in [1.82, 2.24) is 0 Å². The highest BCUT2D eigenvalue weighted by Crippen LogP contribution is 2.31. The van der Waals surface area contributed by atoms with Gasteiger partial charge in [0.05, 0.1) is 12.2 Å². The van der Waals surface area contributed by atoms with E-state index in [1.54, 1.807) is 6.92 Å². The molecule has 1 fully saturated rings. The van der Waals surface area contributed by atoms with Gasteiger partial charge in [-0.05, 0) is 50.8 Å². The fourth-order valence-corrected chi connectivity index (χ4v) is 2.52. The van der Waals surface area contributed by atoms with Gasteiger partial charge in [0, 0.05) is 10.0 Å². The maximum absolute atomic E-state index is 9.70. The van der Waals surface area contributed by atoms with Crippen LogP contribution in [0.3, 0.4) is 0 Å². The Morgan fingerprint density at radius 1 is 1.38 bits per heavy atom. The lowest BCUT2D eigenvalue weighted by Gasteiger charge is -2.18. The van der Waals surface area contributed by atoms with Gasteiger partial charge in [-0.3, -0.25) is 0 Å². The normalized spacial score (nSPS) is 18.7. The zero-order chi connectivity index (χ0) is 11.5. The lowest BCUT2D eigenvalue weighted by atomic mass is 10.1. The van der Waals surface area contributed by atoms with Crippen LogP contribution in [0.2, 0.25) is 0 Å². The second kappa shape index (κ2) is 5.19. The molecule has 1 aliphatic rings. The molecule has 0 heterocycles. The summed E-state index contributed by atoms with van der Waals surface area (Å²) in [6, 6.07) is 5.82. The minimum atomic E-state index is -0.492. The first-order valence-electron chi connectivity index (χ1n) is 5.81.